The zero-order valence-electron chi connectivity index (χ0n) is 11.9. The SMILES string of the molecule is CCCCCC(C)Nc1cccc(NC)c1[N+](=O)[O-]. The lowest BCUT2D eigenvalue weighted by Crippen LogP contribution is -2.16. The lowest BCUT2D eigenvalue weighted by Gasteiger charge is -2.16. The van der Waals surface area contributed by atoms with E-state index in [0.717, 1.165) is 12.8 Å². The average molecular weight is 265 g/mol. The molecule has 0 aliphatic heterocycles. The second kappa shape index (κ2) is 7.61. The van der Waals surface area contributed by atoms with Crippen LogP contribution in [0, 0.1) is 10.1 Å². The molecule has 0 fully saturated rings. The molecule has 5 nitrogen and oxygen atoms in total. The molecular formula is C14H23N3O2. The summed E-state index contributed by atoms with van der Waals surface area (Å²) in [7, 11) is 1.69. The Labute approximate surface area is 114 Å². The van der Waals surface area contributed by atoms with E-state index in [1.807, 2.05) is 6.07 Å². The van der Waals surface area contributed by atoms with E-state index in [-0.39, 0.29) is 16.7 Å². The minimum absolute atomic E-state index is 0.118. The molecule has 106 valence electrons. The van der Waals surface area contributed by atoms with Crippen molar-refractivity contribution in [1.29, 1.82) is 0 Å². The van der Waals surface area contributed by atoms with Crippen LogP contribution in [-0.4, -0.2) is 18.0 Å². The summed E-state index contributed by atoms with van der Waals surface area (Å²) in [6.45, 7) is 4.23. The van der Waals surface area contributed by atoms with Gasteiger partial charge in [0.2, 0.25) is 0 Å². The molecule has 19 heavy (non-hydrogen) atoms. The second-order valence-electron chi connectivity index (χ2n) is 4.75. The third kappa shape index (κ3) is 4.43. The predicted octanol–water partition coefficient (Wildman–Crippen LogP) is 4.02. The number of hydrogen-bond acceptors (Lipinski definition) is 4. The fourth-order valence-electron chi connectivity index (χ4n) is 2.10. The first-order chi connectivity index (χ1) is 9.10. The van der Waals surface area contributed by atoms with Crippen LogP contribution >= 0.6 is 0 Å². The van der Waals surface area contributed by atoms with E-state index in [4.69, 9.17) is 0 Å². The van der Waals surface area contributed by atoms with Crippen molar-refractivity contribution in [2.24, 2.45) is 0 Å². The zero-order valence-corrected chi connectivity index (χ0v) is 11.9. The second-order valence-corrected chi connectivity index (χ2v) is 4.75. The minimum Gasteiger partial charge on any atom is -0.382 e. The van der Waals surface area contributed by atoms with Gasteiger partial charge in [-0.25, -0.2) is 0 Å². The number of anilines is 2. The molecule has 0 spiro atoms. The summed E-state index contributed by atoms with van der Waals surface area (Å²) < 4.78 is 0. The first-order valence-corrected chi connectivity index (χ1v) is 6.81. The molecule has 0 amide bonds. The van der Waals surface area contributed by atoms with E-state index >= 15 is 0 Å². The molecule has 0 aromatic heterocycles. The molecule has 2 N–H and O–H groups in total. The van der Waals surface area contributed by atoms with Crippen LogP contribution in [0.1, 0.15) is 39.5 Å². The molecule has 0 radical (unpaired) electrons. The van der Waals surface area contributed by atoms with Crippen LogP contribution in [0.4, 0.5) is 17.1 Å². The van der Waals surface area contributed by atoms with Crippen LogP contribution in [0.5, 0.6) is 0 Å². The van der Waals surface area contributed by atoms with Gasteiger partial charge in [-0.3, -0.25) is 10.1 Å². The Bertz CT molecular complexity index is 421. The number of benzene rings is 1. The Morgan fingerprint density at radius 3 is 2.58 bits per heavy atom. The van der Waals surface area contributed by atoms with Gasteiger partial charge in [0, 0.05) is 13.1 Å². The van der Waals surface area contributed by atoms with Crippen LogP contribution in [0.25, 0.3) is 0 Å². The highest BCUT2D eigenvalue weighted by Gasteiger charge is 2.19. The number of nitro groups is 1. The Hall–Kier alpha value is -1.78. The lowest BCUT2D eigenvalue weighted by atomic mass is 10.1. The maximum atomic E-state index is 11.2. The first kappa shape index (κ1) is 15.3. The van der Waals surface area contributed by atoms with E-state index in [0.29, 0.717) is 11.4 Å². The average Bonchev–Trinajstić information content (AvgIpc) is 2.38. The molecule has 0 saturated heterocycles. The van der Waals surface area contributed by atoms with Gasteiger partial charge in [-0.15, -0.1) is 0 Å². The van der Waals surface area contributed by atoms with Gasteiger partial charge in [-0.2, -0.15) is 0 Å². The van der Waals surface area contributed by atoms with Crippen LogP contribution < -0.4 is 10.6 Å². The lowest BCUT2D eigenvalue weighted by molar-refractivity contribution is -0.383. The van der Waals surface area contributed by atoms with Crippen molar-refractivity contribution in [1.82, 2.24) is 0 Å². The highest BCUT2D eigenvalue weighted by molar-refractivity contribution is 5.76. The van der Waals surface area contributed by atoms with Gasteiger partial charge < -0.3 is 10.6 Å². The fourth-order valence-corrected chi connectivity index (χ4v) is 2.10. The summed E-state index contributed by atoms with van der Waals surface area (Å²) in [5, 5.41) is 17.3. The topological polar surface area (TPSA) is 67.2 Å². The maximum Gasteiger partial charge on any atom is 0.315 e. The molecule has 0 aliphatic carbocycles. The summed E-state index contributed by atoms with van der Waals surface area (Å²) in [6.07, 6.45) is 4.55. The molecule has 1 unspecified atom stereocenters. The smallest absolute Gasteiger partial charge is 0.315 e. The third-order valence-corrected chi connectivity index (χ3v) is 3.13. The van der Waals surface area contributed by atoms with E-state index in [1.54, 1.807) is 19.2 Å². The number of nitro benzene ring substituents is 1. The highest BCUT2D eigenvalue weighted by atomic mass is 16.6. The van der Waals surface area contributed by atoms with Crippen molar-refractivity contribution < 1.29 is 4.92 Å². The third-order valence-electron chi connectivity index (χ3n) is 3.13. The molecule has 0 aliphatic rings. The van der Waals surface area contributed by atoms with E-state index in [2.05, 4.69) is 24.5 Å². The van der Waals surface area contributed by atoms with Crippen molar-refractivity contribution in [3.05, 3.63) is 28.3 Å². The van der Waals surface area contributed by atoms with Crippen molar-refractivity contribution in [2.75, 3.05) is 17.7 Å². The number of para-hydroxylation sites is 1. The first-order valence-electron chi connectivity index (χ1n) is 6.81. The summed E-state index contributed by atoms with van der Waals surface area (Å²) in [6, 6.07) is 5.53. The number of hydrogen-bond donors (Lipinski definition) is 2. The van der Waals surface area contributed by atoms with Crippen molar-refractivity contribution in [3.63, 3.8) is 0 Å². The van der Waals surface area contributed by atoms with Gasteiger partial charge in [-0.05, 0) is 25.5 Å². The van der Waals surface area contributed by atoms with Gasteiger partial charge in [-0.1, -0.05) is 32.3 Å². The molecule has 1 aromatic rings. The number of nitrogens with zero attached hydrogens (tertiary/aromatic N) is 1. The van der Waals surface area contributed by atoms with Crippen molar-refractivity contribution in [3.8, 4) is 0 Å². The van der Waals surface area contributed by atoms with Crippen molar-refractivity contribution >= 4 is 17.1 Å². The normalized spacial score (nSPS) is 11.9. The number of unbranched alkanes of at least 4 members (excludes halogenated alkanes) is 2. The number of rotatable bonds is 8. The summed E-state index contributed by atoms with van der Waals surface area (Å²) in [5.74, 6) is 0. The van der Waals surface area contributed by atoms with E-state index < -0.39 is 0 Å². The summed E-state index contributed by atoms with van der Waals surface area (Å²) in [4.78, 5) is 10.8. The van der Waals surface area contributed by atoms with Gasteiger partial charge in [0.05, 0.1) is 4.92 Å². The van der Waals surface area contributed by atoms with Crippen LogP contribution in [0.15, 0.2) is 18.2 Å². The molecule has 5 heteroatoms. The Kier molecular flexibility index (Phi) is 6.12. The predicted molar refractivity (Wildman–Crippen MR) is 79.9 cm³/mol. The van der Waals surface area contributed by atoms with E-state index in [1.165, 1.54) is 12.8 Å². The molecule has 1 rings (SSSR count). The maximum absolute atomic E-state index is 11.2. The summed E-state index contributed by atoms with van der Waals surface area (Å²) >= 11 is 0. The van der Waals surface area contributed by atoms with Crippen LogP contribution in [0.2, 0.25) is 0 Å². The van der Waals surface area contributed by atoms with Gasteiger partial charge in [0.1, 0.15) is 11.4 Å². The monoisotopic (exact) mass is 265 g/mol. The van der Waals surface area contributed by atoms with Crippen molar-refractivity contribution in [2.45, 2.75) is 45.6 Å². The van der Waals surface area contributed by atoms with Crippen LogP contribution in [-0.2, 0) is 0 Å². The van der Waals surface area contributed by atoms with Crippen LogP contribution in [0.3, 0.4) is 0 Å². The standard InChI is InChI=1S/C14H23N3O2/c1-4-5-6-8-11(2)16-13-10-7-9-12(15-3)14(13)17(18)19/h7,9-11,15-16H,4-6,8H2,1-3H3. The molecule has 1 aromatic carbocycles. The van der Waals surface area contributed by atoms with Gasteiger partial charge in [0.15, 0.2) is 0 Å². The largest absolute Gasteiger partial charge is 0.382 e. The van der Waals surface area contributed by atoms with Gasteiger partial charge >= 0.3 is 5.69 Å². The van der Waals surface area contributed by atoms with E-state index in [9.17, 15) is 10.1 Å². The highest BCUT2D eigenvalue weighted by Crippen LogP contribution is 2.33. The van der Waals surface area contributed by atoms with Gasteiger partial charge in [0.25, 0.3) is 0 Å². The Morgan fingerprint density at radius 1 is 1.32 bits per heavy atom. The quantitative estimate of drug-likeness (QED) is 0.423. The molecular weight excluding hydrogens is 242 g/mol. The number of nitrogens with one attached hydrogen (secondary N) is 2. The minimum atomic E-state index is -0.340. The molecule has 0 bridgehead atoms. The molecule has 0 heterocycles. The fraction of sp³-hybridized carbons (Fsp3) is 0.571. The summed E-state index contributed by atoms with van der Waals surface area (Å²) in [5.41, 5.74) is 1.24. The Balaban J connectivity index is 2.79. The Morgan fingerprint density at radius 2 is 2.00 bits per heavy atom. The molecule has 1 atom stereocenters. The zero-order chi connectivity index (χ0) is 14.3. The molecule has 0 saturated carbocycles.